The maximum absolute atomic E-state index is 2.53. The van der Waals surface area contributed by atoms with Crippen molar-refractivity contribution in [2.75, 3.05) is 0 Å². The Morgan fingerprint density at radius 3 is 2.26 bits per heavy atom. The second kappa shape index (κ2) is 7.30. The molecule has 1 fully saturated rings. The van der Waals surface area contributed by atoms with Gasteiger partial charge < -0.3 is 0 Å². The van der Waals surface area contributed by atoms with Gasteiger partial charge in [-0.3, -0.25) is 0 Å². The van der Waals surface area contributed by atoms with E-state index < -0.39 is 0 Å². The lowest BCUT2D eigenvalue weighted by atomic mass is 9.84. The van der Waals surface area contributed by atoms with E-state index in [0.29, 0.717) is 0 Å². The normalized spacial score (nSPS) is 17.7. The highest BCUT2D eigenvalue weighted by Gasteiger charge is 2.22. The minimum Gasteiger partial charge on any atom is -0.0649 e. The summed E-state index contributed by atoms with van der Waals surface area (Å²) >= 11 is 0. The van der Waals surface area contributed by atoms with E-state index in [1.807, 2.05) is 0 Å². The van der Waals surface area contributed by atoms with Gasteiger partial charge in [-0.15, -0.1) is 0 Å². The molecule has 2 aromatic carbocycles. The second-order valence-electron chi connectivity index (χ2n) is 9.84. The molecule has 0 saturated heterocycles. The highest BCUT2D eigenvalue weighted by atomic mass is 14.3. The third-order valence-electron chi connectivity index (χ3n) is 6.68. The number of aryl methyl sites for hydroxylation is 1. The fourth-order valence-electron chi connectivity index (χ4n) is 4.95. The van der Waals surface area contributed by atoms with Gasteiger partial charge in [0.25, 0.3) is 0 Å². The molecule has 0 unspecified atom stereocenters. The van der Waals surface area contributed by atoms with Gasteiger partial charge in [0.1, 0.15) is 0 Å². The molecule has 0 heterocycles. The summed E-state index contributed by atoms with van der Waals surface area (Å²) in [4.78, 5) is 0. The summed E-state index contributed by atoms with van der Waals surface area (Å²) in [5, 5.41) is 0. The average Bonchev–Trinajstić information content (AvgIpc) is 3.07. The van der Waals surface area contributed by atoms with Crippen molar-refractivity contribution in [3.8, 4) is 11.1 Å². The summed E-state index contributed by atoms with van der Waals surface area (Å²) in [6.45, 7) is 9.13. The number of benzene rings is 2. The first-order valence-electron chi connectivity index (χ1n) is 10.8. The van der Waals surface area contributed by atoms with Crippen molar-refractivity contribution < 1.29 is 0 Å². The first-order chi connectivity index (χ1) is 12.9. The largest absolute Gasteiger partial charge is 0.0649 e. The summed E-state index contributed by atoms with van der Waals surface area (Å²) in [5.74, 6) is 0.925. The lowest BCUT2D eigenvalue weighted by Crippen LogP contribution is -2.10. The van der Waals surface area contributed by atoms with Crippen LogP contribution in [0.25, 0.3) is 17.2 Å². The van der Waals surface area contributed by atoms with Crippen molar-refractivity contribution in [1.29, 1.82) is 0 Å². The van der Waals surface area contributed by atoms with Crippen LogP contribution < -0.4 is 0 Å². The van der Waals surface area contributed by atoms with Gasteiger partial charge in [-0.1, -0.05) is 101 Å². The van der Waals surface area contributed by atoms with Gasteiger partial charge in [0.2, 0.25) is 0 Å². The number of fused-ring (bicyclic) bond motifs is 1. The Morgan fingerprint density at radius 2 is 1.59 bits per heavy atom. The summed E-state index contributed by atoms with van der Waals surface area (Å²) < 4.78 is 0. The summed E-state index contributed by atoms with van der Waals surface area (Å²) in [5.41, 5.74) is 10.6. The average molecular weight is 359 g/mol. The van der Waals surface area contributed by atoms with Gasteiger partial charge in [0, 0.05) is 0 Å². The van der Waals surface area contributed by atoms with Gasteiger partial charge in [-0.25, -0.2) is 0 Å². The number of rotatable bonds is 3. The highest BCUT2D eigenvalue weighted by Crippen LogP contribution is 2.40. The Bertz CT molecular complexity index is 837. The zero-order valence-electron chi connectivity index (χ0n) is 17.6. The molecule has 2 aliphatic carbocycles. The van der Waals surface area contributed by atoms with E-state index in [1.165, 1.54) is 72.8 Å². The van der Waals surface area contributed by atoms with Crippen LogP contribution in [0.3, 0.4) is 0 Å². The Hall–Kier alpha value is -1.82. The van der Waals surface area contributed by atoms with Crippen molar-refractivity contribution in [3.63, 3.8) is 0 Å². The third kappa shape index (κ3) is 3.91. The van der Waals surface area contributed by atoms with E-state index in [9.17, 15) is 0 Å². The van der Waals surface area contributed by atoms with Crippen LogP contribution in [0.15, 0.2) is 42.0 Å². The third-order valence-corrected chi connectivity index (χ3v) is 6.68. The molecule has 2 aliphatic rings. The molecule has 0 aromatic heterocycles. The predicted molar refractivity (Wildman–Crippen MR) is 118 cm³/mol. The van der Waals surface area contributed by atoms with Crippen LogP contribution in [-0.2, 0) is 11.8 Å². The topological polar surface area (TPSA) is 0 Å². The Balaban J connectivity index is 1.63. The summed E-state index contributed by atoms with van der Waals surface area (Å²) in [7, 11) is 0. The summed E-state index contributed by atoms with van der Waals surface area (Å²) in [6.07, 6.45) is 12.2. The lowest BCUT2D eigenvalue weighted by Gasteiger charge is -2.21. The van der Waals surface area contributed by atoms with Crippen LogP contribution in [0.1, 0.15) is 81.5 Å². The molecule has 2 aromatic rings. The summed E-state index contributed by atoms with van der Waals surface area (Å²) in [6, 6.07) is 13.9. The van der Waals surface area contributed by atoms with Crippen molar-refractivity contribution >= 4 is 6.08 Å². The Labute approximate surface area is 165 Å². The van der Waals surface area contributed by atoms with Crippen LogP contribution in [0, 0.1) is 12.8 Å². The first-order valence-corrected chi connectivity index (χ1v) is 10.8. The number of hydrogen-bond acceptors (Lipinski definition) is 0. The quantitative estimate of drug-likeness (QED) is 0.523. The zero-order chi connectivity index (χ0) is 19.0. The van der Waals surface area contributed by atoms with Crippen LogP contribution in [0.2, 0.25) is 0 Å². The maximum Gasteiger partial charge on any atom is -0.00549 e. The molecule has 0 nitrogen and oxygen atoms in total. The van der Waals surface area contributed by atoms with Crippen LogP contribution in [0.4, 0.5) is 0 Å². The van der Waals surface area contributed by atoms with E-state index in [2.05, 4.69) is 70.2 Å². The Morgan fingerprint density at radius 1 is 0.889 bits per heavy atom. The molecule has 0 aliphatic heterocycles. The molecule has 142 valence electrons. The maximum atomic E-state index is 2.53. The Kier molecular flexibility index (Phi) is 5.01. The predicted octanol–water partition coefficient (Wildman–Crippen LogP) is 7.87. The van der Waals surface area contributed by atoms with Gasteiger partial charge in [-0.2, -0.15) is 0 Å². The van der Waals surface area contributed by atoms with Crippen molar-refractivity contribution in [3.05, 3.63) is 64.2 Å². The smallest absolute Gasteiger partial charge is 0.00549 e. The van der Waals surface area contributed by atoms with Gasteiger partial charge in [0.15, 0.2) is 0 Å². The van der Waals surface area contributed by atoms with E-state index in [-0.39, 0.29) is 5.41 Å². The zero-order valence-corrected chi connectivity index (χ0v) is 17.6. The van der Waals surface area contributed by atoms with E-state index in [1.54, 1.807) is 11.1 Å². The van der Waals surface area contributed by atoms with Crippen molar-refractivity contribution in [2.24, 2.45) is 5.92 Å². The van der Waals surface area contributed by atoms with Gasteiger partial charge in [0.05, 0.1) is 0 Å². The minimum atomic E-state index is 0.209. The van der Waals surface area contributed by atoms with E-state index >= 15 is 0 Å². The molecule has 0 amide bonds. The molecule has 0 spiro atoms. The number of hydrogen-bond donors (Lipinski definition) is 0. The lowest BCUT2D eigenvalue weighted by molar-refractivity contribution is 0.355. The molecule has 1 saturated carbocycles. The monoisotopic (exact) mass is 358 g/mol. The standard InChI is InChI=1S/C27H34/c1-19-10-15-24(22-11-13-23(14-12-22)27(2,3)4)26-18-21(17-25(19)26)16-20-8-6-5-7-9-20/h10-15,18,20H,5-9,16-17H2,1-4H3. The highest BCUT2D eigenvalue weighted by molar-refractivity contribution is 5.81. The minimum absolute atomic E-state index is 0.209. The molecule has 0 bridgehead atoms. The van der Waals surface area contributed by atoms with Gasteiger partial charge >= 0.3 is 0 Å². The van der Waals surface area contributed by atoms with Crippen molar-refractivity contribution in [2.45, 2.75) is 78.1 Å². The molecular weight excluding hydrogens is 324 g/mol. The molecule has 0 heteroatoms. The van der Waals surface area contributed by atoms with Gasteiger partial charge in [-0.05, 0) is 64.5 Å². The van der Waals surface area contributed by atoms with Crippen LogP contribution in [-0.4, -0.2) is 0 Å². The SMILES string of the molecule is Cc1ccc(-c2ccc(C(C)(C)C)cc2)c2c1CC(CC1CCCCC1)=C2. The molecule has 0 radical (unpaired) electrons. The van der Waals surface area contributed by atoms with Crippen LogP contribution >= 0.6 is 0 Å². The fraction of sp³-hybridized carbons (Fsp3) is 0.481. The molecule has 0 N–H and O–H groups in total. The van der Waals surface area contributed by atoms with Crippen molar-refractivity contribution in [1.82, 2.24) is 0 Å². The molecule has 4 rings (SSSR count). The van der Waals surface area contributed by atoms with E-state index in [0.717, 1.165) is 5.92 Å². The molecule has 27 heavy (non-hydrogen) atoms. The van der Waals surface area contributed by atoms with E-state index in [4.69, 9.17) is 0 Å². The fourth-order valence-corrected chi connectivity index (χ4v) is 4.95. The number of allylic oxidation sites excluding steroid dienone is 1. The first kappa shape index (κ1) is 18.5. The molecule has 0 atom stereocenters. The van der Waals surface area contributed by atoms with Crippen LogP contribution in [0.5, 0.6) is 0 Å². The second-order valence-corrected chi connectivity index (χ2v) is 9.84. The molecular formula is C27H34.